The zero-order valence-corrected chi connectivity index (χ0v) is 24.4. The van der Waals surface area contributed by atoms with Crippen LogP contribution < -0.4 is 12.4 Å². The van der Waals surface area contributed by atoms with E-state index in [1.54, 1.807) is 0 Å². The lowest BCUT2D eigenvalue weighted by Gasteiger charge is -2.33. The van der Waals surface area contributed by atoms with Crippen molar-refractivity contribution in [3.05, 3.63) is 0 Å². The van der Waals surface area contributed by atoms with Crippen molar-refractivity contribution in [1.82, 2.24) is 0 Å². The van der Waals surface area contributed by atoms with E-state index in [-0.39, 0.29) is 12.4 Å². The normalized spacial score (nSPS) is 12.2. The number of hydrogen-bond acceptors (Lipinski definition) is 3. The van der Waals surface area contributed by atoms with E-state index in [0.717, 1.165) is 56.0 Å². The van der Waals surface area contributed by atoms with Gasteiger partial charge in [-0.3, -0.25) is 0 Å². The summed E-state index contributed by atoms with van der Waals surface area (Å²) in [5, 5.41) is 0. The molecular weight excluding hydrogens is 438 g/mol. The van der Waals surface area contributed by atoms with E-state index in [4.69, 9.17) is 13.3 Å². The molecule has 0 heterocycles. The van der Waals surface area contributed by atoms with Crippen LogP contribution in [0.4, 0.5) is 0 Å². The topological polar surface area (TPSA) is 27.7 Å². The van der Waals surface area contributed by atoms with Crippen LogP contribution in [0.2, 0.25) is 6.04 Å². The van der Waals surface area contributed by atoms with Crippen LogP contribution in [-0.2, 0) is 13.3 Å². The Balaban J connectivity index is 0. The van der Waals surface area contributed by atoms with E-state index in [9.17, 15) is 0 Å². The van der Waals surface area contributed by atoms with Crippen LogP contribution in [0.5, 0.6) is 0 Å². The standard InChI is InChI=1S/C26H58NO3Si.ClH/c1-7-11-12-13-14-15-16-17-18-19-21-27(5,6)22-20-26-31(28-23-8-2,29-24-9-3)30-25-10-4;/h7-26H2,1-6H3;1H/q+1;/p-1. The first-order chi connectivity index (χ1) is 14.9. The molecule has 0 aromatic rings. The van der Waals surface area contributed by atoms with E-state index >= 15 is 0 Å². The fraction of sp³-hybridized carbons (Fsp3) is 1.00. The van der Waals surface area contributed by atoms with Gasteiger partial charge in [-0.05, 0) is 32.1 Å². The molecule has 0 aliphatic heterocycles. The maximum absolute atomic E-state index is 6.25. The van der Waals surface area contributed by atoms with Crippen LogP contribution in [0.25, 0.3) is 0 Å². The Bertz CT molecular complexity index is 364. The fourth-order valence-corrected chi connectivity index (χ4v) is 6.80. The monoisotopic (exact) mass is 495 g/mol. The summed E-state index contributed by atoms with van der Waals surface area (Å²) >= 11 is 0. The summed E-state index contributed by atoms with van der Waals surface area (Å²) in [7, 11) is 2.22. The van der Waals surface area contributed by atoms with Gasteiger partial charge in [0, 0.05) is 32.3 Å². The van der Waals surface area contributed by atoms with E-state index in [1.165, 1.54) is 77.3 Å². The first-order valence-corrected chi connectivity index (χ1v) is 15.6. The molecule has 0 aromatic carbocycles. The lowest BCUT2D eigenvalue weighted by atomic mass is 10.1. The lowest BCUT2D eigenvalue weighted by molar-refractivity contribution is -0.890. The summed E-state index contributed by atoms with van der Waals surface area (Å²) in [4.78, 5) is 0. The second-order valence-corrected chi connectivity index (χ2v) is 12.6. The third kappa shape index (κ3) is 19.8. The van der Waals surface area contributed by atoms with Crippen LogP contribution in [0, 0.1) is 0 Å². The molecule has 0 fully saturated rings. The molecule has 0 bridgehead atoms. The second kappa shape index (κ2) is 23.1. The van der Waals surface area contributed by atoms with Gasteiger partial charge in [0.15, 0.2) is 0 Å². The highest BCUT2D eigenvalue weighted by Crippen LogP contribution is 2.21. The second-order valence-electron chi connectivity index (χ2n) is 9.90. The Hall–Kier alpha value is 0.347. The summed E-state index contributed by atoms with van der Waals surface area (Å²) in [5.74, 6) is 0. The number of halogens is 1. The Morgan fingerprint density at radius 1 is 0.500 bits per heavy atom. The van der Waals surface area contributed by atoms with Crippen LogP contribution >= 0.6 is 0 Å². The number of unbranched alkanes of at least 4 members (excludes halogenated alkanes) is 9. The molecule has 0 radical (unpaired) electrons. The Labute approximate surface area is 209 Å². The highest BCUT2D eigenvalue weighted by molar-refractivity contribution is 6.60. The molecule has 0 aliphatic carbocycles. The SMILES string of the molecule is CCCCCCCCCCCC[N+](C)(C)CCC[Si](OCCC)(OCCC)OCCC.[Cl-]. The van der Waals surface area contributed by atoms with E-state index in [0.29, 0.717) is 0 Å². The summed E-state index contributed by atoms with van der Waals surface area (Å²) in [6, 6.07) is 0.951. The maximum atomic E-state index is 6.25. The first kappa shape index (κ1) is 34.5. The third-order valence-electron chi connectivity index (χ3n) is 5.94. The zero-order valence-electron chi connectivity index (χ0n) is 22.7. The summed E-state index contributed by atoms with van der Waals surface area (Å²) in [6.07, 6.45) is 18.2. The van der Waals surface area contributed by atoms with Crippen LogP contribution in [0.3, 0.4) is 0 Å². The number of rotatable bonds is 24. The van der Waals surface area contributed by atoms with Gasteiger partial charge in [-0.2, -0.15) is 0 Å². The van der Waals surface area contributed by atoms with Gasteiger partial charge in [-0.15, -0.1) is 0 Å². The van der Waals surface area contributed by atoms with Crippen molar-refractivity contribution >= 4 is 8.80 Å². The Kier molecular flexibility index (Phi) is 24.9. The van der Waals surface area contributed by atoms with E-state index < -0.39 is 8.80 Å². The largest absolute Gasteiger partial charge is 1.00 e. The van der Waals surface area contributed by atoms with Crippen molar-refractivity contribution in [2.24, 2.45) is 0 Å². The quantitative estimate of drug-likeness (QED) is 0.111. The molecule has 196 valence electrons. The number of nitrogens with zero attached hydrogens (tertiary/aromatic N) is 1. The van der Waals surface area contributed by atoms with Gasteiger partial charge in [-0.25, -0.2) is 0 Å². The molecule has 0 aliphatic rings. The average molecular weight is 496 g/mol. The fourth-order valence-electron chi connectivity index (χ4n) is 3.98. The molecule has 4 nitrogen and oxygen atoms in total. The van der Waals surface area contributed by atoms with Crippen LogP contribution in [0.1, 0.15) is 118 Å². The summed E-state index contributed by atoms with van der Waals surface area (Å²) < 4.78 is 19.9. The molecule has 0 aromatic heterocycles. The minimum Gasteiger partial charge on any atom is -1.00 e. The van der Waals surface area contributed by atoms with Gasteiger partial charge in [0.05, 0.1) is 27.2 Å². The molecule has 0 atom stereocenters. The molecule has 0 amide bonds. The smallest absolute Gasteiger partial charge is 0.501 e. The number of hydrogen-bond donors (Lipinski definition) is 0. The molecule has 0 spiro atoms. The number of quaternary nitrogens is 1. The highest BCUT2D eigenvalue weighted by Gasteiger charge is 2.41. The minimum atomic E-state index is -2.53. The van der Waals surface area contributed by atoms with Crippen molar-refractivity contribution in [2.45, 2.75) is 124 Å². The highest BCUT2D eigenvalue weighted by atomic mass is 35.5. The van der Waals surface area contributed by atoms with Gasteiger partial charge >= 0.3 is 8.80 Å². The predicted octanol–water partition coefficient (Wildman–Crippen LogP) is 4.60. The predicted molar refractivity (Wildman–Crippen MR) is 138 cm³/mol. The van der Waals surface area contributed by atoms with Gasteiger partial charge < -0.3 is 30.2 Å². The Morgan fingerprint density at radius 3 is 1.28 bits per heavy atom. The lowest BCUT2D eigenvalue weighted by Crippen LogP contribution is -3.00. The van der Waals surface area contributed by atoms with Gasteiger partial charge in [0.1, 0.15) is 0 Å². The van der Waals surface area contributed by atoms with Gasteiger partial charge in [0.25, 0.3) is 0 Å². The van der Waals surface area contributed by atoms with Crippen molar-refractivity contribution in [1.29, 1.82) is 0 Å². The van der Waals surface area contributed by atoms with Crippen LogP contribution in [-0.4, -0.2) is 60.3 Å². The Morgan fingerprint density at radius 2 is 0.875 bits per heavy atom. The molecule has 0 unspecified atom stereocenters. The summed E-state index contributed by atoms with van der Waals surface area (Å²) in [6.45, 7) is 13.4. The van der Waals surface area contributed by atoms with Crippen molar-refractivity contribution in [2.75, 3.05) is 47.0 Å². The van der Waals surface area contributed by atoms with E-state index in [2.05, 4.69) is 41.8 Å². The molecule has 0 saturated carbocycles. The zero-order chi connectivity index (χ0) is 23.3. The third-order valence-corrected chi connectivity index (χ3v) is 8.84. The molecule has 0 saturated heterocycles. The van der Waals surface area contributed by atoms with Crippen molar-refractivity contribution in [3.63, 3.8) is 0 Å². The first-order valence-electron chi connectivity index (χ1n) is 13.7. The average Bonchev–Trinajstić information content (AvgIpc) is 2.75. The molecule has 0 rings (SSSR count). The molecule has 0 N–H and O–H groups in total. The molecular formula is C26H58ClNO3Si. The van der Waals surface area contributed by atoms with Gasteiger partial charge in [0.2, 0.25) is 0 Å². The molecule has 6 heteroatoms. The van der Waals surface area contributed by atoms with Gasteiger partial charge in [-0.1, -0.05) is 79.1 Å². The summed E-state index contributed by atoms with van der Waals surface area (Å²) in [5.41, 5.74) is 0. The van der Waals surface area contributed by atoms with E-state index in [1.807, 2.05) is 0 Å². The van der Waals surface area contributed by atoms with Crippen molar-refractivity contribution in [3.8, 4) is 0 Å². The van der Waals surface area contributed by atoms with Crippen LogP contribution in [0.15, 0.2) is 0 Å². The maximum Gasteiger partial charge on any atom is 0.501 e. The minimum absolute atomic E-state index is 0. The van der Waals surface area contributed by atoms with Crippen molar-refractivity contribution < 1.29 is 30.2 Å². The molecule has 32 heavy (non-hydrogen) atoms.